The second kappa shape index (κ2) is 7.41. The van der Waals surface area contributed by atoms with Gasteiger partial charge in [0, 0.05) is 22.1 Å². The third-order valence-electron chi connectivity index (χ3n) is 2.76. The molecular formula is C15H24BrNO3. The predicted octanol–water partition coefficient (Wildman–Crippen LogP) is 2.38. The molecule has 114 valence electrons. The second-order valence-electron chi connectivity index (χ2n) is 5.96. The Balaban J connectivity index is 2.89. The summed E-state index contributed by atoms with van der Waals surface area (Å²) in [7, 11) is 0. The average Bonchev–Trinajstić information content (AvgIpc) is 2.33. The van der Waals surface area contributed by atoms with Gasteiger partial charge < -0.3 is 20.3 Å². The summed E-state index contributed by atoms with van der Waals surface area (Å²) >= 11 is 3.49. The van der Waals surface area contributed by atoms with Crippen molar-refractivity contribution in [1.82, 2.24) is 5.32 Å². The van der Waals surface area contributed by atoms with Gasteiger partial charge in [0.25, 0.3) is 0 Å². The summed E-state index contributed by atoms with van der Waals surface area (Å²) in [5.74, 6) is 0.762. The lowest BCUT2D eigenvalue weighted by molar-refractivity contribution is 0.0530. The van der Waals surface area contributed by atoms with Crippen molar-refractivity contribution < 1.29 is 14.9 Å². The minimum absolute atomic E-state index is 0.0120. The Kier molecular flexibility index (Phi) is 6.45. The van der Waals surface area contributed by atoms with Gasteiger partial charge in [-0.2, -0.15) is 0 Å². The summed E-state index contributed by atoms with van der Waals surface area (Å²) in [5.41, 5.74) is 2.03. The van der Waals surface area contributed by atoms with Crippen LogP contribution in [-0.4, -0.2) is 35.1 Å². The van der Waals surface area contributed by atoms with Crippen LogP contribution >= 0.6 is 15.9 Å². The average molecular weight is 346 g/mol. The zero-order chi connectivity index (χ0) is 15.3. The van der Waals surface area contributed by atoms with E-state index in [4.69, 9.17) is 9.84 Å². The van der Waals surface area contributed by atoms with Crippen molar-refractivity contribution >= 4 is 15.9 Å². The Morgan fingerprint density at radius 1 is 1.35 bits per heavy atom. The maximum absolute atomic E-state index is 9.41. The summed E-state index contributed by atoms with van der Waals surface area (Å²) in [6.07, 6.45) is -0.860. The van der Waals surface area contributed by atoms with Crippen molar-refractivity contribution in [2.75, 3.05) is 13.2 Å². The first-order valence-corrected chi connectivity index (χ1v) is 7.48. The van der Waals surface area contributed by atoms with Crippen molar-refractivity contribution in [2.24, 2.45) is 0 Å². The Bertz CT molecular complexity index is 443. The first-order valence-electron chi connectivity index (χ1n) is 6.68. The highest BCUT2D eigenvalue weighted by molar-refractivity contribution is 9.10. The first-order chi connectivity index (χ1) is 9.23. The number of aliphatic hydroxyl groups is 2. The Morgan fingerprint density at radius 2 is 2.00 bits per heavy atom. The number of hydrogen-bond acceptors (Lipinski definition) is 4. The number of halogens is 1. The second-order valence-corrected chi connectivity index (χ2v) is 6.88. The van der Waals surface area contributed by atoms with Crippen LogP contribution in [0.4, 0.5) is 0 Å². The van der Waals surface area contributed by atoms with Crippen LogP contribution in [0.3, 0.4) is 0 Å². The van der Waals surface area contributed by atoms with E-state index in [-0.39, 0.29) is 18.8 Å². The SMILES string of the molecule is Cc1cc(Br)cc(CNC(C)(C)C)c1OCC(O)CO. The Morgan fingerprint density at radius 3 is 2.55 bits per heavy atom. The number of hydrogen-bond donors (Lipinski definition) is 3. The van der Waals surface area contributed by atoms with Gasteiger partial charge in [-0.1, -0.05) is 15.9 Å². The quantitative estimate of drug-likeness (QED) is 0.740. The number of aryl methyl sites for hydroxylation is 1. The molecule has 0 fully saturated rings. The minimum Gasteiger partial charge on any atom is -0.490 e. The molecule has 0 saturated carbocycles. The molecule has 0 radical (unpaired) electrons. The highest BCUT2D eigenvalue weighted by atomic mass is 79.9. The topological polar surface area (TPSA) is 61.7 Å². The van der Waals surface area contributed by atoms with E-state index in [1.54, 1.807) is 0 Å². The molecule has 1 aromatic carbocycles. The highest BCUT2D eigenvalue weighted by Gasteiger charge is 2.14. The van der Waals surface area contributed by atoms with E-state index in [0.29, 0.717) is 6.54 Å². The van der Waals surface area contributed by atoms with Crippen molar-refractivity contribution in [2.45, 2.75) is 45.9 Å². The third-order valence-corrected chi connectivity index (χ3v) is 3.21. The number of ether oxygens (including phenoxy) is 1. The van der Waals surface area contributed by atoms with Crippen molar-refractivity contribution in [1.29, 1.82) is 0 Å². The zero-order valence-electron chi connectivity index (χ0n) is 12.5. The van der Waals surface area contributed by atoms with E-state index in [2.05, 4.69) is 42.0 Å². The number of aliphatic hydroxyl groups excluding tert-OH is 2. The molecule has 0 aliphatic heterocycles. The fourth-order valence-corrected chi connectivity index (χ4v) is 2.35. The fourth-order valence-electron chi connectivity index (χ4n) is 1.73. The molecule has 3 N–H and O–H groups in total. The standard InChI is InChI=1S/C15H24BrNO3/c1-10-5-12(16)6-11(7-17-15(2,3)4)14(10)20-9-13(19)8-18/h5-6,13,17-19H,7-9H2,1-4H3. The third kappa shape index (κ3) is 5.79. The molecule has 1 atom stereocenters. The molecule has 0 saturated heterocycles. The van der Waals surface area contributed by atoms with Crippen molar-refractivity contribution in [3.8, 4) is 5.75 Å². The van der Waals surface area contributed by atoms with Crippen molar-refractivity contribution in [3.63, 3.8) is 0 Å². The van der Waals surface area contributed by atoms with Gasteiger partial charge in [-0.15, -0.1) is 0 Å². The Labute approximate surface area is 129 Å². The molecule has 0 spiro atoms. The van der Waals surface area contributed by atoms with Gasteiger partial charge in [0.15, 0.2) is 0 Å². The van der Waals surface area contributed by atoms with E-state index < -0.39 is 6.10 Å². The lowest BCUT2D eigenvalue weighted by atomic mass is 10.1. The monoisotopic (exact) mass is 345 g/mol. The van der Waals surface area contributed by atoms with Crippen LogP contribution in [0.5, 0.6) is 5.75 Å². The fraction of sp³-hybridized carbons (Fsp3) is 0.600. The summed E-state index contributed by atoms with van der Waals surface area (Å²) in [6.45, 7) is 8.74. The van der Waals surface area contributed by atoms with E-state index in [1.165, 1.54) is 0 Å². The number of nitrogens with one attached hydrogen (secondary N) is 1. The first kappa shape index (κ1) is 17.4. The van der Waals surface area contributed by atoms with Gasteiger partial charge in [0.1, 0.15) is 18.5 Å². The molecule has 20 heavy (non-hydrogen) atoms. The molecular weight excluding hydrogens is 322 g/mol. The van der Waals surface area contributed by atoms with Crippen LogP contribution in [0.15, 0.2) is 16.6 Å². The van der Waals surface area contributed by atoms with Gasteiger partial charge in [-0.05, 0) is 45.4 Å². The van der Waals surface area contributed by atoms with Gasteiger partial charge in [-0.3, -0.25) is 0 Å². The molecule has 0 heterocycles. The molecule has 0 bridgehead atoms. The molecule has 0 aromatic heterocycles. The highest BCUT2D eigenvalue weighted by Crippen LogP contribution is 2.28. The maximum Gasteiger partial charge on any atom is 0.126 e. The van der Waals surface area contributed by atoms with E-state index >= 15 is 0 Å². The van der Waals surface area contributed by atoms with Gasteiger partial charge in [0.2, 0.25) is 0 Å². The van der Waals surface area contributed by atoms with Gasteiger partial charge in [-0.25, -0.2) is 0 Å². The summed E-state index contributed by atoms with van der Waals surface area (Å²) in [6, 6.07) is 3.98. The maximum atomic E-state index is 9.41. The summed E-state index contributed by atoms with van der Waals surface area (Å²) < 4.78 is 6.67. The Hall–Kier alpha value is -0.620. The van der Waals surface area contributed by atoms with E-state index in [9.17, 15) is 5.11 Å². The van der Waals surface area contributed by atoms with E-state index in [1.807, 2.05) is 19.1 Å². The minimum atomic E-state index is -0.860. The largest absolute Gasteiger partial charge is 0.490 e. The van der Waals surface area contributed by atoms with Crippen molar-refractivity contribution in [3.05, 3.63) is 27.7 Å². The molecule has 1 unspecified atom stereocenters. The van der Waals surface area contributed by atoms with Crippen LogP contribution in [0.2, 0.25) is 0 Å². The molecule has 1 rings (SSSR count). The van der Waals surface area contributed by atoms with Gasteiger partial charge >= 0.3 is 0 Å². The van der Waals surface area contributed by atoms with Gasteiger partial charge in [0.05, 0.1) is 6.61 Å². The number of rotatable bonds is 6. The lowest BCUT2D eigenvalue weighted by Gasteiger charge is -2.23. The van der Waals surface area contributed by atoms with Crippen LogP contribution in [-0.2, 0) is 6.54 Å². The number of benzene rings is 1. The van der Waals surface area contributed by atoms with Crippen LogP contribution in [0, 0.1) is 6.92 Å². The molecule has 1 aromatic rings. The van der Waals surface area contributed by atoms with Crippen LogP contribution in [0.25, 0.3) is 0 Å². The lowest BCUT2D eigenvalue weighted by Crippen LogP contribution is -2.35. The normalized spacial score (nSPS) is 13.3. The summed E-state index contributed by atoms with van der Waals surface area (Å²) in [4.78, 5) is 0. The predicted molar refractivity (Wildman–Crippen MR) is 84.1 cm³/mol. The summed E-state index contributed by atoms with van der Waals surface area (Å²) in [5, 5.41) is 21.7. The zero-order valence-corrected chi connectivity index (χ0v) is 14.1. The molecule has 4 nitrogen and oxygen atoms in total. The molecule has 0 aliphatic carbocycles. The smallest absolute Gasteiger partial charge is 0.126 e. The van der Waals surface area contributed by atoms with Crippen LogP contribution in [0.1, 0.15) is 31.9 Å². The molecule has 0 amide bonds. The van der Waals surface area contributed by atoms with Crippen LogP contribution < -0.4 is 10.1 Å². The molecule has 0 aliphatic rings. The molecule has 5 heteroatoms. The van der Waals surface area contributed by atoms with E-state index in [0.717, 1.165) is 21.3 Å².